The van der Waals surface area contributed by atoms with Crippen LogP contribution in [0.5, 0.6) is 0 Å². The number of hydrogen-bond donors (Lipinski definition) is 2. The van der Waals surface area contributed by atoms with Gasteiger partial charge in [-0.3, -0.25) is 4.79 Å². The number of nitrogens with one attached hydrogen (secondary N) is 1. The third-order valence-corrected chi connectivity index (χ3v) is 2.91. The Hall–Kier alpha value is -1.30. The van der Waals surface area contributed by atoms with E-state index in [2.05, 4.69) is 17.1 Å². The lowest BCUT2D eigenvalue weighted by Gasteiger charge is -2.27. The molecule has 0 rings (SSSR count). The standard InChI is InChI=1S/C12H25N3O3/c1-5-14(4)8-7-13-12(18)15(6-2)10(3)9-11(16)17/h10H,5-9H2,1-4H3,(H,13,18)(H,16,17). The van der Waals surface area contributed by atoms with E-state index in [0.717, 1.165) is 13.1 Å². The Morgan fingerprint density at radius 1 is 1.28 bits per heavy atom. The maximum Gasteiger partial charge on any atom is 0.317 e. The van der Waals surface area contributed by atoms with Crippen LogP contribution >= 0.6 is 0 Å². The van der Waals surface area contributed by atoms with Crippen LogP contribution in [-0.2, 0) is 4.79 Å². The zero-order valence-electron chi connectivity index (χ0n) is 11.8. The third-order valence-electron chi connectivity index (χ3n) is 2.91. The number of rotatable bonds is 8. The number of carbonyl (C=O) groups excluding carboxylic acids is 1. The van der Waals surface area contributed by atoms with E-state index in [4.69, 9.17) is 5.11 Å². The van der Waals surface area contributed by atoms with Gasteiger partial charge in [-0.1, -0.05) is 6.92 Å². The molecule has 1 atom stereocenters. The van der Waals surface area contributed by atoms with Crippen LogP contribution in [0.15, 0.2) is 0 Å². The summed E-state index contributed by atoms with van der Waals surface area (Å²) in [6.45, 7) is 8.43. The fraction of sp³-hybridized carbons (Fsp3) is 0.833. The molecule has 6 heteroatoms. The minimum atomic E-state index is -0.889. The highest BCUT2D eigenvalue weighted by molar-refractivity contribution is 5.75. The highest BCUT2D eigenvalue weighted by Gasteiger charge is 2.20. The molecule has 0 saturated heterocycles. The van der Waals surface area contributed by atoms with Crippen molar-refractivity contribution in [3.05, 3.63) is 0 Å². The quantitative estimate of drug-likeness (QED) is 0.677. The van der Waals surface area contributed by atoms with Crippen LogP contribution in [0.1, 0.15) is 27.2 Å². The Labute approximate surface area is 109 Å². The molecule has 0 aliphatic rings. The summed E-state index contributed by atoms with van der Waals surface area (Å²) in [5.41, 5.74) is 0. The fourth-order valence-electron chi connectivity index (χ4n) is 1.63. The molecule has 6 nitrogen and oxygen atoms in total. The van der Waals surface area contributed by atoms with Crippen LogP contribution < -0.4 is 5.32 Å². The second-order valence-electron chi connectivity index (χ2n) is 4.36. The lowest BCUT2D eigenvalue weighted by Crippen LogP contribution is -2.47. The van der Waals surface area contributed by atoms with Crippen molar-refractivity contribution < 1.29 is 14.7 Å². The lowest BCUT2D eigenvalue weighted by atomic mass is 10.2. The summed E-state index contributed by atoms with van der Waals surface area (Å²) in [7, 11) is 1.98. The highest BCUT2D eigenvalue weighted by atomic mass is 16.4. The normalized spacial score (nSPS) is 12.3. The average molecular weight is 259 g/mol. The van der Waals surface area contributed by atoms with E-state index in [1.165, 1.54) is 0 Å². The van der Waals surface area contributed by atoms with Crippen LogP contribution in [0, 0.1) is 0 Å². The summed E-state index contributed by atoms with van der Waals surface area (Å²) >= 11 is 0. The second-order valence-corrected chi connectivity index (χ2v) is 4.36. The predicted molar refractivity (Wildman–Crippen MR) is 70.7 cm³/mol. The lowest BCUT2D eigenvalue weighted by molar-refractivity contribution is -0.138. The Morgan fingerprint density at radius 3 is 2.33 bits per heavy atom. The smallest absolute Gasteiger partial charge is 0.317 e. The highest BCUT2D eigenvalue weighted by Crippen LogP contribution is 2.03. The van der Waals surface area contributed by atoms with Crippen molar-refractivity contribution in [2.75, 3.05) is 33.2 Å². The van der Waals surface area contributed by atoms with Gasteiger partial charge in [0.2, 0.25) is 0 Å². The van der Waals surface area contributed by atoms with Gasteiger partial charge < -0.3 is 20.2 Å². The number of carboxylic acids is 1. The zero-order chi connectivity index (χ0) is 14.1. The van der Waals surface area contributed by atoms with Crippen molar-refractivity contribution in [2.45, 2.75) is 33.2 Å². The van der Waals surface area contributed by atoms with E-state index in [-0.39, 0.29) is 18.5 Å². The maximum absolute atomic E-state index is 11.9. The number of carboxylic acid groups (broad SMARTS) is 1. The summed E-state index contributed by atoms with van der Waals surface area (Å²) in [6, 6.07) is -0.493. The topological polar surface area (TPSA) is 72.9 Å². The molecule has 0 aromatic carbocycles. The number of amides is 2. The Kier molecular flexibility index (Phi) is 8.11. The van der Waals surface area contributed by atoms with Gasteiger partial charge in [0, 0.05) is 25.7 Å². The van der Waals surface area contributed by atoms with E-state index >= 15 is 0 Å². The van der Waals surface area contributed by atoms with Crippen molar-refractivity contribution in [1.29, 1.82) is 0 Å². The number of urea groups is 1. The van der Waals surface area contributed by atoms with E-state index in [0.29, 0.717) is 13.1 Å². The molecule has 0 saturated carbocycles. The molecule has 18 heavy (non-hydrogen) atoms. The van der Waals surface area contributed by atoms with Gasteiger partial charge in [-0.2, -0.15) is 0 Å². The monoisotopic (exact) mass is 259 g/mol. The molecule has 0 aliphatic heterocycles. The van der Waals surface area contributed by atoms with Gasteiger partial charge in [0.25, 0.3) is 0 Å². The van der Waals surface area contributed by atoms with E-state index < -0.39 is 5.97 Å². The first-order valence-corrected chi connectivity index (χ1v) is 6.37. The summed E-state index contributed by atoms with van der Waals surface area (Å²) in [4.78, 5) is 26.1. The van der Waals surface area contributed by atoms with Gasteiger partial charge in [0.1, 0.15) is 0 Å². The van der Waals surface area contributed by atoms with Gasteiger partial charge >= 0.3 is 12.0 Å². The van der Waals surface area contributed by atoms with Gasteiger partial charge in [-0.25, -0.2) is 4.79 Å². The predicted octanol–water partition coefficient (Wildman–Crippen LogP) is 0.833. The SMILES string of the molecule is CCN(C)CCNC(=O)N(CC)C(C)CC(=O)O. The average Bonchev–Trinajstić information content (AvgIpc) is 2.28. The minimum Gasteiger partial charge on any atom is -0.481 e. The maximum atomic E-state index is 11.9. The van der Waals surface area contributed by atoms with E-state index in [9.17, 15) is 9.59 Å². The van der Waals surface area contributed by atoms with E-state index in [1.807, 2.05) is 14.0 Å². The Morgan fingerprint density at radius 2 is 1.89 bits per heavy atom. The van der Waals surface area contributed by atoms with Crippen LogP contribution in [0.2, 0.25) is 0 Å². The molecule has 2 amide bonds. The van der Waals surface area contributed by atoms with Gasteiger partial charge in [0.05, 0.1) is 6.42 Å². The van der Waals surface area contributed by atoms with Gasteiger partial charge in [-0.05, 0) is 27.4 Å². The molecule has 0 spiro atoms. The molecule has 0 heterocycles. The second kappa shape index (κ2) is 8.74. The summed E-state index contributed by atoms with van der Waals surface area (Å²) in [6.07, 6.45) is -0.0316. The molecule has 0 radical (unpaired) electrons. The number of aliphatic carboxylic acids is 1. The van der Waals surface area contributed by atoms with Crippen molar-refractivity contribution >= 4 is 12.0 Å². The van der Waals surface area contributed by atoms with Gasteiger partial charge in [-0.15, -0.1) is 0 Å². The Bertz CT molecular complexity index is 271. The van der Waals surface area contributed by atoms with Crippen molar-refractivity contribution in [2.24, 2.45) is 0 Å². The molecule has 0 aromatic rings. The molecular weight excluding hydrogens is 234 g/mol. The summed E-state index contributed by atoms with van der Waals surface area (Å²) in [5.74, 6) is -0.889. The first-order chi connectivity index (χ1) is 8.42. The van der Waals surface area contributed by atoms with Crippen LogP contribution in [-0.4, -0.2) is 66.2 Å². The molecule has 0 aliphatic carbocycles. The van der Waals surface area contributed by atoms with Crippen molar-refractivity contribution in [3.8, 4) is 0 Å². The molecule has 1 unspecified atom stereocenters. The number of carbonyl (C=O) groups is 2. The van der Waals surface area contributed by atoms with E-state index in [1.54, 1.807) is 11.8 Å². The number of hydrogen-bond acceptors (Lipinski definition) is 3. The molecule has 0 fully saturated rings. The molecule has 106 valence electrons. The first-order valence-electron chi connectivity index (χ1n) is 6.37. The molecular formula is C12H25N3O3. The molecule has 0 aromatic heterocycles. The molecule has 0 bridgehead atoms. The van der Waals surface area contributed by atoms with Crippen LogP contribution in [0.25, 0.3) is 0 Å². The summed E-state index contributed by atoms with van der Waals surface area (Å²) in [5, 5.41) is 11.5. The van der Waals surface area contributed by atoms with Crippen molar-refractivity contribution in [1.82, 2.24) is 15.1 Å². The third kappa shape index (κ3) is 6.44. The summed E-state index contributed by atoms with van der Waals surface area (Å²) < 4.78 is 0. The Balaban J connectivity index is 4.14. The van der Waals surface area contributed by atoms with Crippen LogP contribution in [0.3, 0.4) is 0 Å². The fourth-order valence-corrected chi connectivity index (χ4v) is 1.63. The van der Waals surface area contributed by atoms with Crippen molar-refractivity contribution in [3.63, 3.8) is 0 Å². The minimum absolute atomic E-state index is 0.0316. The number of likely N-dealkylation sites (N-methyl/N-ethyl adjacent to an activating group) is 1. The number of nitrogens with zero attached hydrogens (tertiary/aromatic N) is 2. The molecule has 2 N–H and O–H groups in total. The van der Waals surface area contributed by atoms with Crippen LogP contribution in [0.4, 0.5) is 4.79 Å². The first kappa shape index (κ1) is 16.7. The zero-order valence-corrected chi connectivity index (χ0v) is 11.8. The largest absolute Gasteiger partial charge is 0.481 e. The van der Waals surface area contributed by atoms with Gasteiger partial charge in [0.15, 0.2) is 0 Å².